The highest BCUT2D eigenvalue weighted by molar-refractivity contribution is 6.31. The zero-order chi connectivity index (χ0) is 13.7. The van der Waals surface area contributed by atoms with E-state index in [0.717, 1.165) is 10.6 Å². The number of hydrogen-bond acceptors (Lipinski definition) is 4. The van der Waals surface area contributed by atoms with Crippen molar-refractivity contribution in [2.75, 3.05) is 0 Å². The minimum absolute atomic E-state index is 0.0312. The molecule has 0 atom stereocenters. The van der Waals surface area contributed by atoms with Gasteiger partial charge < -0.3 is 0 Å². The number of aromatic amines is 1. The van der Waals surface area contributed by atoms with Gasteiger partial charge in [-0.05, 0) is 6.07 Å². The number of fused-ring (bicyclic) bond motifs is 2. The maximum atomic E-state index is 13.4. The Morgan fingerprint density at radius 1 is 1.26 bits per heavy atom. The number of halogens is 2. The van der Waals surface area contributed by atoms with Gasteiger partial charge in [0.15, 0.2) is 11.2 Å². The van der Waals surface area contributed by atoms with E-state index < -0.39 is 17.1 Å². The molecule has 0 aliphatic heterocycles. The van der Waals surface area contributed by atoms with Crippen molar-refractivity contribution in [3.63, 3.8) is 0 Å². The second-order valence-electron chi connectivity index (χ2n) is 3.97. The maximum absolute atomic E-state index is 13.4. The molecule has 2 aromatic heterocycles. The molecule has 0 aliphatic rings. The molecule has 1 N–H and O–H groups in total. The van der Waals surface area contributed by atoms with E-state index in [-0.39, 0.29) is 21.7 Å². The lowest BCUT2D eigenvalue weighted by Gasteiger charge is -2.04. The number of rotatable bonds is 0. The standard InChI is InChI=1S/C11H6ClFN4O2/c1-17-9-8(10(18)16-11(17)19)14-7-3-5(13)4(12)2-6(7)15-9/h2-3H,1H3,(H,16,18,19). The molecule has 0 spiro atoms. The van der Waals surface area contributed by atoms with Crippen molar-refractivity contribution in [2.45, 2.75) is 0 Å². The fourth-order valence-corrected chi connectivity index (χ4v) is 1.92. The molecule has 0 amide bonds. The Bertz CT molecular complexity index is 947. The minimum atomic E-state index is -0.664. The molecule has 3 aromatic rings. The van der Waals surface area contributed by atoms with Crippen molar-refractivity contribution in [1.82, 2.24) is 19.5 Å². The molecule has 0 aliphatic carbocycles. The van der Waals surface area contributed by atoms with E-state index in [4.69, 9.17) is 11.6 Å². The van der Waals surface area contributed by atoms with Gasteiger partial charge in [-0.2, -0.15) is 0 Å². The van der Waals surface area contributed by atoms with Crippen molar-refractivity contribution in [1.29, 1.82) is 0 Å². The number of H-pyrrole nitrogens is 1. The van der Waals surface area contributed by atoms with Gasteiger partial charge in [-0.1, -0.05) is 11.6 Å². The number of nitrogens with zero attached hydrogens (tertiary/aromatic N) is 3. The highest BCUT2D eigenvalue weighted by Crippen LogP contribution is 2.21. The van der Waals surface area contributed by atoms with Gasteiger partial charge in [0.05, 0.1) is 16.1 Å². The minimum Gasteiger partial charge on any atom is -0.279 e. The lowest BCUT2D eigenvalue weighted by atomic mass is 10.3. The van der Waals surface area contributed by atoms with Gasteiger partial charge >= 0.3 is 5.69 Å². The van der Waals surface area contributed by atoms with Crippen LogP contribution in [0.5, 0.6) is 0 Å². The molecule has 96 valence electrons. The van der Waals surface area contributed by atoms with E-state index >= 15 is 0 Å². The second-order valence-corrected chi connectivity index (χ2v) is 4.38. The summed E-state index contributed by atoms with van der Waals surface area (Å²) in [6.07, 6.45) is 0. The first-order chi connectivity index (χ1) is 8.97. The van der Waals surface area contributed by atoms with Crippen LogP contribution in [0.15, 0.2) is 21.7 Å². The van der Waals surface area contributed by atoms with Crippen molar-refractivity contribution < 1.29 is 4.39 Å². The molecule has 3 rings (SSSR count). The number of nitrogens with one attached hydrogen (secondary N) is 1. The Balaban J connectivity index is 2.59. The molecule has 0 radical (unpaired) electrons. The molecule has 0 fully saturated rings. The van der Waals surface area contributed by atoms with Crippen molar-refractivity contribution in [3.8, 4) is 0 Å². The van der Waals surface area contributed by atoms with Gasteiger partial charge in [0, 0.05) is 13.1 Å². The first-order valence-corrected chi connectivity index (χ1v) is 5.61. The van der Waals surface area contributed by atoms with Gasteiger partial charge in [-0.15, -0.1) is 0 Å². The summed E-state index contributed by atoms with van der Waals surface area (Å²) in [5, 5.41) is -0.101. The largest absolute Gasteiger partial charge is 0.329 e. The van der Waals surface area contributed by atoms with Gasteiger partial charge in [-0.3, -0.25) is 14.3 Å². The van der Waals surface area contributed by atoms with E-state index in [1.807, 2.05) is 0 Å². The Labute approximate surface area is 109 Å². The van der Waals surface area contributed by atoms with Crippen molar-refractivity contribution >= 4 is 33.8 Å². The smallest absolute Gasteiger partial charge is 0.279 e. The Kier molecular flexibility index (Phi) is 2.39. The first kappa shape index (κ1) is 11.8. The SMILES string of the molecule is Cn1c(=O)[nH]c(=O)c2nc3cc(F)c(Cl)cc3nc21. The van der Waals surface area contributed by atoms with Crippen LogP contribution in [0, 0.1) is 5.82 Å². The monoisotopic (exact) mass is 280 g/mol. The Hall–Kier alpha value is -2.28. The average molecular weight is 281 g/mol. The maximum Gasteiger partial charge on any atom is 0.329 e. The van der Waals surface area contributed by atoms with E-state index in [1.165, 1.54) is 13.1 Å². The van der Waals surface area contributed by atoms with Crippen LogP contribution < -0.4 is 11.2 Å². The molecule has 0 bridgehead atoms. The van der Waals surface area contributed by atoms with Crippen LogP contribution in [-0.4, -0.2) is 19.5 Å². The fraction of sp³-hybridized carbons (Fsp3) is 0.0909. The van der Waals surface area contributed by atoms with Gasteiger partial charge in [-0.25, -0.2) is 19.2 Å². The van der Waals surface area contributed by atoms with E-state index in [2.05, 4.69) is 15.0 Å². The Morgan fingerprint density at radius 2 is 1.95 bits per heavy atom. The molecule has 2 heterocycles. The van der Waals surface area contributed by atoms with Gasteiger partial charge in [0.2, 0.25) is 0 Å². The third kappa shape index (κ3) is 1.70. The van der Waals surface area contributed by atoms with Crippen LogP contribution in [0.3, 0.4) is 0 Å². The molecule has 0 saturated carbocycles. The summed E-state index contributed by atoms with van der Waals surface area (Å²) in [6, 6.07) is 2.39. The normalized spacial score (nSPS) is 11.3. The van der Waals surface area contributed by atoms with E-state index in [9.17, 15) is 14.0 Å². The molecule has 0 saturated heterocycles. The van der Waals surface area contributed by atoms with Crippen molar-refractivity contribution in [3.05, 3.63) is 43.8 Å². The van der Waals surface area contributed by atoms with Crippen LogP contribution in [0.1, 0.15) is 0 Å². The highest BCUT2D eigenvalue weighted by Gasteiger charge is 2.11. The number of aryl methyl sites for hydroxylation is 1. The highest BCUT2D eigenvalue weighted by atomic mass is 35.5. The number of hydrogen-bond donors (Lipinski definition) is 1. The molecule has 19 heavy (non-hydrogen) atoms. The van der Waals surface area contributed by atoms with Crippen LogP contribution in [0.25, 0.3) is 22.2 Å². The molecule has 8 heteroatoms. The predicted octanol–water partition coefficient (Wildman–Crippen LogP) is 0.962. The molecule has 1 aromatic carbocycles. The van der Waals surface area contributed by atoms with Crippen LogP contribution in [0.2, 0.25) is 5.02 Å². The predicted molar refractivity (Wildman–Crippen MR) is 67.9 cm³/mol. The molecular formula is C11H6ClFN4O2. The summed E-state index contributed by atoms with van der Waals surface area (Å²) in [7, 11) is 1.45. The average Bonchev–Trinajstić information content (AvgIpc) is 2.36. The first-order valence-electron chi connectivity index (χ1n) is 5.23. The summed E-state index contributed by atoms with van der Waals surface area (Å²) in [5.41, 5.74) is -0.680. The van der Waals surface area contributed by atoms with E-state index in [1.54, 1.807) is 0 Å². The molecule has 6 nitrogen and oxygen atoms in total. The zero-order valence-corrected chi connectivity index (χ0v) is 10.3. The second kappa shape index (κ2) is 3.86. The lowest BCUT2D eigenvalue weighted by molar-refractivity contribution is 0.629. The zero-order valence-electron chi connectivity index (χ0n) is 9.57. The van der Waals surface area contributed by atoms with Gasteiger partial charge in [0.25, 0.3) is 5.56 Å². The number of aromatic nitrogens is 4. The fourth-order valence-electron chi connectivity index (χ4n) is 1.76. The summed E-state index contributed by atoms with van der Waals surface area (Å²) < 4.78 is 14.5. The van der Waals surface area contributed by atoms with Crippen LogP contribution in [-0.2, 0) is 7.05 Å². The summed E-state index contributed by atoms with van der Waals surface area (Å²) in [4.78, 5) is 33.4. The number of benzene rings is 1. The van der Waals surface area contributed by atoms with E-state index in [0.29, 0.717) is 5.52 Å². The quantitative estimate of drug-likeness (QED) is 0.622. The third-order valence-corrected chi connectivity index (χ3v) is 3.04. The third-order valence-electron chi connectivity index (χ3n) is 2.75. The van der Waals surface area contributed by atoms with Crippen molar-refractivity contribution in [2.24, 2.45) is 7.05 Å². The topological polar surface area (TPSA) is 80.6 Å². The van der Waals surface area contributed by atoms with Gasteiger partial charge in [0.1, 0.15) is 5.82 Å². The Morgan fingerprint density at radius 3 is 2.68 bits per heavy atom. The summed E-state index contributed by atoms with van der Waals surface area (Å²) >= 11 is 5.66. The lowest BCUT2D eigenvalue weighted by Crippen LogP contribution is -2.29. The van der Waals surface area contributed by atoms with Crippen LogP contribution in [0.4, 0.5) is 4.39 Å². The molecular weight excluding hydrogens is 275 g/mol. The van der Waals surface area contributed by atoms with Crippen LogP contribution >= 0.6 is 11.6 Å². The summed E-state index contributed by atoms with van der Waals surface area (Å²) in [6.45, 7) is 0. The summed E-state index contributed by atoms with van der Waals surface area (Å²) in [5.74, 6) is -0.649. The molecule has 0 unspecified atom stereocenters.